The molecule has 0 heterocycles. The molecule has 0 fully saturated rings. The number of hydrogen-bond donors (Lipinski definition) is 0. The Kier molecular flexibility index (Phi) is 8.93. The first-order valence-corrected chi connectivity index (χ1v) is 10.5. The van der Waals surface area contributed by atoms with E-state index in [0.717, 1.165) is 27.6 Å². The van der Waals surface area contributed by atoms with Gasteiger partial charge in [-0.05, 0) is 62.4 Å². The fourth-order valence-electron chi connectivity index (χ4n) is 2.78. The molecule has 0 amide bonds. The maximum absolute atomic E-state index is 14.6. The predicted octanol–water partition coefficient (Wildman–Crippen LogP) is 8.99. The molecule has 0 aromatic heterocycles. The maximum Gasteiger partial charge on any atom is 0.460 e. The first kappa shape index (κ1) is 32.4. The van der Waals surface area contributed by atoms with Crippen LogP contribution in [0.4, 0.5) is 67.2 Å². The first-order chi connectivity index (χ1) is 15.7. The van der Waals surface area contributed by atoms with E-state index < -0.39 is 68.5 Å². The first-order valence-electron chi connectivity index (χ1n) is 9.44. The summed E-state index contributed by atoms with van der Waals surface area (Å²) in [7, 11) is 0. The summed E-state index contributed by atoms with van der Waals surface area (Å²) in [5.74, 6) is -26.9. The summed E-state index contributed by atoms with van der Waals surface area (Å²) in [6.07, 6.45) is -14.0. The molecule has 0 radical (unpaired) electrons. The van der Waals surface area contributed by atoms with Crippen LogP contribution in [-0.2, 0) is 11.8 Å². The Morgan fingerprint density at radius 2 is 0.944 bits per heavy atom. The van der Waals surface area contributed by atoms with Crippen molar-refractivity contribution in [3.05, 3.63) is 26.8 Å². The lowest BCUT2D eigenvalue weighted by Crippen LogP contribution is -2.51. The third kappa shape index (κ3) is 5.61. The summed E-state index contributed by atoms with van der Waals surface area (Å²) < 4.78 is 189. The molecule has 0 atom stereocenters. The second-order valence-electron chi connectivity index (χ2n) is 7.90. The third-order valence-corrected chi connectivity index (χ3v) is 5.18. The number of nitrogens with zero attached hydrogens (tertiary/aromatic N) is 3. The van der Waals surface area contributed by atoms with Gasteiger partial charge in [-0.15, -0.1) is 5.11 Å². The molecule has 36 heavy (non-hydrogen) atoms. The fourth-order valence-corrected chi connectivity index (χ4v) is 3.40. The quantitative estimate of drug-likeness (QED) is 0.118. The van der Waals surface area contributed by atoms with Gasteiger partial charge in [0.25, 0.3) is 0 Å². The number of halogens is 15. The van der Waals surface area contributed by atoms with Crippen molar-refractivity contribution in [2.45, 2.75) is 75.8 Å². The highest BCUT2D eigenvalue weighted by Crippen LogP contribution is 2.58. The molecule has 0 bridgehead atoms. The van der Waals surface area contributed by atoms with Gasteiger partial charge in [0, 0.05) is 15.7 Å². The lowest BCUT2D eigenvalue weighted by atomic mass is 9.92. The minimum absolute atomic E-state index is 0.227. The molecule has 0 unspecified atom stereocenters. The number of hydrogen-bond acceptors (Lipinski definition) is 2. The van der Waals surface area contributed by atoms with Crippen LogP contribution in [-0.4, -0.2) is 41.3 Å². The van der Waals surface area contributed by atoms with E-state index >= 15 is 0 Å². The highest BCUT2D eigenvalue weighted by atomic mass is 127. The summed E-state index contributed by atoms with van der Waals surface area (Å²) in [5, 5.41) is 6.81. The molecule has 1 aromatic carbocycles. The van der Waals surface area contributed by atoms with Gasteiger partial charge < -0.3 is 0 Å². The van der Waals surface area contributed by atoms with Crippen molar-refractivity contribution < 1.29 is 61.5 Å². The molecule has 0 aliphatic rings. The van der Waals surface area contributed by atoms with Crippen LogP contribution in [0.5, 0.6) is 0 Å². The smallest absolute Gasteiger partial charge is 0.273 e. The standard InChI is InChI=1S/C18H16F14IN3/c1-7(2)36(8(3)4)35-34-12-10(13(19,20)15(23,24)17(27,28)29)5-9(33)6-11(12)14(21,22)16(25,26)18(30,31)32/h5-8H,1-4H3. The van der Waals surface area contributed by atoms with Crippen LogP contribution in [0.1, 0.15) is 38.8 Å². The zero-order chi connectivity index (χ0) is 28.9. The van der Waals surface area contributed by atoms with Crippen molar-refractivity contribution >= 4 is 28.3 Å². The molecule has 18 heteroatoms. The average molecular weight is 667 g/mol. The lowest BCUT2D eigenvalue weighted by Gasteiger charge is -2.33. The SMILES string of the molecule is CC(C)N(N=Nc1c(C(F)(F)C(F)(F)C(F)(F)F)cc(I)cc1C(F)(F)C(F)(F)C(F)(F)F)C(C)C. The topological polar surface area (TPSA) is 28.0 Å². The summed E-state index contributed by atoms with van der Waals surface area (Å²) in [5.41, 5.74) is -7.80. The molecule has 0 aliphatic carbocycles. The monoisotopic (exact) mass is 667 g/mol. The van der Waals surface area contributed by atoms with Crippen molar-refractivity contribution in [3.63, 3.8) is 0 Å². The Balaban J connectivity index is 4.22. The van der Waals surface area contributed by atoms with Crippen LogP contribution >= 0.6 is 22.6 Å². The fraction of sp³-hybridized carbons (Fsp3) is 0.667. The van der Waals surface area contributed by atoms with E-state index in [4.69, 9.17) is 0 Å². The predicted molar refractivity (Wildman–Crippen MR) is 106 cm³/mol. The molecule has 0 aliphatic heterocycles. The lowest BCUT2D eigenvalue weighted by molar-refractivity contribution is -0.360. The molecule has 0 spiro atoms. The minimum atomic E-state index is -6.99. The molecule has 0 N–H and O–H groups in total. The van der Waals surface area contributed by atoms with Crippen LogP contribution in [0.3, 0.4) is 0 Å². The van der Waals surface area contributed by atoms with Crippen LogP contribution in [0.2, 0.25) is 0 Å². The van der Waals surface area contributed by atoms with Gasteiger partial charge in [0.15, 0.2) is 0 Å². The summed E-state index contributed by atoms with van der Waals surface area (Å²) in [6.45, 7) is 5.42. The third-order valence-electron chi connectivity index (χ3n) is 4.56. The molecular formula is C18H16F14IN3. The molecule has 208 valence electrons. The van der Waals surface area contributed by atoms with Crippen molar-refractivity contribution in [1.29, 1.82) is 0 Å². The maximum atomic E-state index is 14.6. The molecule has 3 nitrogen and oxygen atoms in total. The summed E-state index contributed by atoms with van der Waals surface area (Å²) in [6, 6.07) is -1.96. The Bertz CT molecular complexity index is 900. The van der Waals surface area contributed by atoms with E-state index in [9.17, 15) is 61.5 Å². The number of benzene rings is 1. The van der Waals surface area contributed by atoms with Crippen molar-refractivity contribution in [2.24, 2.45) is 10.3 Å². The highest BCUT2D eigenvalue weighted by Gasteiger charge is 2.76. The van der Waals surface area contributed by atoms with Gasteiger partial charge in [0.05, 0.1) is 11.1 Å². The highest BCUT2D eigenvalue weighted by molar-refractivity contribution is 14.1. The Morgan fingerprint density at radius 3 is 1.19 bits per heavy atom. The molecular weight excluding hydrogens is 651 g/mol. The molecule has 0 saturated carbocycles. The van der Waals surface area contributed by atoms with Gasteiger partial charge in [-0.3, -0.25) is 5.01 Å². The van der Waals surface area contributed by atoms with Crippen LogP contribution < -0.4 is 0 Å². The van der Waals surface area contributed by atoms with E-state index in [-0.39, 0.29) is 12.1 Å². The molecule has 1 rings (SSSR count). The minimum Gasteiger partial charge on any atom is -0.273 e. The zero-order valence-electron chi connectivity index (χ0n) is 18.3. The Labute approximate surface area is 208 Å². The van der Waals surface area contributed by atoms with Crippen LogP contribution in [0, 0.1) is 3.57 Å². The average Bonchev–Trinajstić information content (AvgIpc) is 2.65. The Hall–Kier alpha value is -1.63. The largest absolute Gasteiger partial charge is 0.460 e. The van der Waals surface area contributed by atoms with Gasteiger partial charge in [0.1, 0.15) is 5.69 Å². The molecule has 0 saturated heterocycles. The zero-order valence-corrected chi connectivity index (χ0v) is 20.5. The van der Waals surface area contributed by atoms with E-state index in [1.807, 2.05) is 0 Å². The van der Waals surface area contributed by atoms with Gasteiger partial charge in [-0.2, -0.15) is 61.5 Å². The van der Waals surface area contributed by atoms with E-state index in [1.54, 1.807) is 0 Å². The van der Waals surface area contributed by atoms with Gasteiger partial charge in [0.2, 0.25) is 0 Å². The van der Waals surface area contributed by atoms with E-state index in [2.05, 4.69) is 10.3 Å². The summed E-state index contributed by atoms with van der Waals surface area (Å²) >= 11 is 0.787. The van der Waals surface area contributed by atoms with E-state index in [0.29, 0.717) is 0 Å². The number of alkyl halides is 14. The Morgan fingerprint density at radius 1 is 0.639 bits per heavy atom. The second kappa shape index (κ2) is 9.92. The van der Waals surface area contributed by atoms with Gasteiger partial charge >= 0.3 is 36.0 Å². The van der Waals surface area contributed by atoms with Crippen molar-refractivity contribution in [3.8, 4) is 0 Å². The van der Waals surface area contributed by atoms with Crippen molar-refractivity contribution in [2.75, 3.05) is 0 Å². The normalized spacial score (nSPS) is 14.9. The van der Waals surface area contributed by atoms with Gasteiger partial charge in [-0.25, -0.2) is 0 Å². The van der Waals surface area contributed by atoms with Crippen molar-refractivity contribution in [1.82, 2.24) is 5.01 Å². The van der Waals surface area contributed by atoms with Crippen LogP contribution in [0.25, 0.3) is 0 Å². The van der Waals surface area contributed by atoms with Gasteiger partial charge in [-0.1, -0.05) is 5.22 Å². The number of rotatable bonds is 8. The molecule has 1 aromatic rings. The van der Waals surface area contributed by atoms with Crippen LogP contribution in [0.15, 0.2) is 22.5 Å². The second-order valence-corrected chi connectivity index (χ2v) is 9.15. The van der Waals surface area contributed by atoms with E-state index in [1.165, 1.54) is 27.7 Å². The summed E-state index contributed by atoms with van der Waals surface area (Å²) in [4.78, 5) is 0.